The van der Waals surface area contributed by atoms with Crippen molar-refractivity contribution >= 4 is 30.0 Å². The van der Waals surface area contributed by atoms with Crippen LogP contribution in [0.1, 0.15) is 25.2 Å². The minimum atomic E-state index is 0.442. The van der Waals surface area contributed by atoms with Crippen LogP contribution in [0, 0.1) is 4.77 Å². The summed E-state index contributed by atoms with van der Waals surface area (Å²) in [4.78, 5) is 0. The number of ether oxygens (including phenoxy) is 2. The van der Waals surface area contributed by atoms with Gasteiger partial charge >= 0.3 is 0 Å². The maximum Gasteiger partial charge on any atom is 0.216 e. The number of methoxy groups -OCH3 is 1. The number of hydrogen-bond donors (Lipinski definition) is 1. The standard InChI is InChI=1S/C14H17ClN4O2S/c1-4-12-17-18-14(22)19(12)16-8-9-6-10(15)13(21-5-2)11(7-9)20-3/h6-8H,4-5H2,1-3H3,(H,18,22)/b16-8-. The van der Waals surface area contributed by atoms with E-state index in [1.165, 1.54) is 0 Å². The van der Waals surface area contributed by atoms with E-state index in [0.29, 0.717) is 27.9 Å². The molecule has 1 N–H and O–H groups in total. The molecule has 1 aromatic heterocycles. The van der Waals surface area contributed by atoms with Gasteiger partial charge in [-0.05, 0) is 36.8 Å². The van der Waals surface area contributed by atoms with Gasteiger partial charge in [0.2, 0.25) is 4.77 Å². The first-order valence-electron chi connectivity index (χ1n) is 6.81. The Bertz CT molecular complexity index is 739. The molecule has 0 atom stereocenters. The van der Waals surface area contributed by atoms with E-state index in [2.05, 4.69) is 15.3 Å². The van der Waals surface area contributed by atoms with Gasteiger partial charge in [-0.2, -0.15) is 14.9 Å². The smallest absolute Gasteiger partial charge is 0.216 e. The van der Waals surface area contributed by atoms with Gasteiger partial charge in [0, 0.05) is 6.42 Å². The number of aromatic amines is 1. The second-order valence-electron chi connectivity index (χ2n) is 4.32. The fraction of sp³-hybridized carbons (Fsp3) is 0.357. The van der Waals surface area contributed by atoms with Crippen LogP contribution in [0.5, 0.6) is 11.5 Å². The minimum Gasteiger partial charge on any atom is -0.493 e. The van der Waals surface area contributed by atoms with Gasteiger partial charge in [0.05, 0.1) is 25.0 Å². The average molecular weight is 341 g/mol. The van der Waals surface area contributed by atoms with Crippen molar-refractivity contribution in [2.75, 3.05) is 13.7 Å². The third-order valence-corrected chi connectivity index (χ3v) is 3.44. The quantitative estimate of drug-likeness (QED) is 0.646. The summed E-state index contributed by atoms with van der Waals surface area (Å²) in [7, 11) is 1.57. The van der Waals surface area contributed by atoms with Crippen molar-refractivity contribution in [2.45, 2.75) is 20.3 Å². The predicted molar refractivity (Wildman–Crippen MR) is 89.0 cm³/mol. The molecule has 0 aliphatic rings. The van der Waals surface area contributed by atoms with E-state index in [9.17, 15) is 0 Å². The lowest BCUT2D eigenvalue weighted by molar-refractivity contribution is 0.311. The number of halogens is 1. The van der Waals surface area contributed by atoms with Gasteiger partial charge < -0.3 is 9.47 Å². The fourth-order valence-corrected chi connectivity index (χ4v) is 2.37. The van der Waals surface area contributed by atoms with Crippen LogP contribution >= 0.6 is 23.8 Å². The third-order valence-electron chi connectivity index (χ3n) is 2.90. The summed E-state index contributed by atoms with van der Waals surface area (Å²) in [6, 6.07) is 3.56. The molecule has 0 bridgehead atoms. The van der Waals surface area contributed by atoms with E-state index in [0.717, 1.165) is 17.8 Å². The number of H-pyrrole nitrogens is 1. The molecule has 0 amide bonds. The van der Waals surface area contributed by atoms with Crippen molar-refractivity contribution < 1.29 is 9.47 Å². The molecule has 1 aromatic carbocycles. The van der Waals surface area contributed by atoms with E-state index in [4.69, 9.17) is 33.3 Å². The van der Waals surface area contributed by atoms with Gasteiger partial charge in [0.1, 0.15) is 0 Å². The van der Waals surface area contributed by atoms with E-state index in [1.807, 2.05) is 13.8 Å². The molecule has 0 saturated heterocycles. The molecular formula is C14H17ClN4O2S. The van der Waals surface area contributed by atoms with Gasteiger partial charge in [-0.3, -0.25) is 5.10 Å². The first-order valence-corrected chi connectivity index (χ1v) is 7.60. The van der Waals surface area contributed by atoms with Crippen molar-refractivity contribution in [3.8, 4) is 11.5 Å². The van der Waals surface area contributed by atoms with E-state index < -0.39 is 0 Å². The molecule has 118 valence electrons. The number of aromatic nitrogens is 3. The summed E-state index contributed by atoms with van der Waals surface area (Å²) in [6.45, 7) is 4.37. The summed E-state index contributed by atoms with van der Waals surface area (Å²) in [6.07, 6.45) is 2.37. The minimum absolute atomic E-state index is 0.442. The number of nitrogens with zero attached hydrogens (tertiary/aromatic N) is 3. The first kappa shape index (κ1) is 16.5. The van der Waals surface area contributed by atoms with Crippen molar-refractivity contribution in [1.82, 2.24) is 14.9 Å². The number of hydrogen-bond acceptors (Lipinski definition) is 5. The van der Waals surface area contributed by atoms with Crippen molar-refractivity contribution in [3.63, 3.8) is 0 Å². The Morgan fingerprint density at radius 2 is 2.23 bits per heavy atom. The second kappa shape index (κ2) is 7.42. The second-order valence-corrected chi connectivity index (χ2v) is 5.12. The van der Waals surface area contributed by atoms with Gasteiger partial charge in [0.25, 0.3) is 0 Å². The third kappa shape index (κ3) is 3.48. The zero-order valence-electron chi connectivity index (χ0n) is 12.6. The molecule has 0 saturated carbocycles. The van der Waals surface area contributed by atoms with Crippen LogP contribution < -0.4 is 9.47 Å². The molecule has 6 nitrogen and oxygen atoms in total. The zero-order valence-corrected chi connectivity index (χ0v) is 14.2. The highest BCUT2D eigenvalue weighted by Crippen LogP contribution is 2.35. The summed E-state index contributed by atoms with van der Waals surface area (Å²) < 4.78 is 12.8. The lowest BCUT2D eigenvalue weighted by Gasteiger charge is -2.11. The Hall–Kier alpha value is -1.86. The molecule has 0 aliphatic carbocycles. The summed E-state index contributed by atoms with van der Waals surface area (Å²) >= 11 is 11.4. The molecule has 2 rings (SSSR count). The zero-order chi connectivity index (χ0) is 16.1. The van der Waals surface area contributed by atoms with Gasteiger partial charge in [-0.25, -0.2) is 0 Å². The Balaban J connectivity index is 2.37. The molecule has 8 heteroatoms. The molecule has 0 aliphatic heterocycles. The van der Waals surface area contributed by atoms with Gasteiger partial charge in [0.15, 0.2) is 17.3 Å². The SMILES string of the molecule is CCOc1c(Cl)cc(/C=N\n2c(CC)n[nH]c2=S)cc1OC. The molecule has 0 unspecified atom stereocenters. The molecule has 1 heterocycles. The summed E-state index contributed by atoms with van der Waals surface area (Å²) in [5, 5.41) is 11.6. The van der Waals surface area contributed by atoms with Crippen molar-refractivity contribution in [1.29, 1.82) is 0 Å². The summed E-state index contributed by atoms with van der Waals surface area (Å²) in [5.41, 5.74) is 0.774. The fourth-order valence-electron chi connectivity index (χ4n) is 1.90. The highest BCUT2D eigenvalue weighted by atomic mass is 35.5. The number of nitrogens with one attached hydrogen (secondary N) is 1. The molecule has 0 fully saturated rings. The highest BCUT2D eigenvalue weighted by molar-refractivity contribution is 7.71. The van der Waals surface area contributed by atoms with Crippen LogP contribution in [0.3, 0.4) is 0 Å². The Morgan fingerprint density at radius 1 is 1.45 bits per heavy atom. The van der Waals surface area contributed by atoms with Gasteiger partial charge in [-0.15, -0.1) is 0 Å². The lowest BCUT2D eigenvalue weighted by atomic mass is 10.2. The molecular weight excluding hydrogens is 324 g/mol. The van der Waals surface area contributed by atoms with E-state index in [-0.39, 0.29) is 0 Å². The molecule has 0 spiro atoms. The monoisotopic (exact) mass is 340 g/mol. The normalized spacial score (nSPS) is 11.1. The molecule has 0 radical (unpaired) electrons. The van der Waals surface area contributed by atoms with Crippen LogP contribution in [-0.2, 0) is 6.42 Å². The first-order chi connectivity index (χ1) is 10.6. The maximum atomic E-state index is 6.23. The Morgan fingerprint density at radius 3 is 2.86 bits per heavy atom. The van der Waals surface area contributed by atoms with Crippen LogP contribution in [-0.4, -0.2) is 34.8 Å². The number of aryl methyl sites for hydroxylation is 1. The largest absolute Gasteiger partial charge is 0.493 e. The average Bonchev–Trinajstić information content (AvgIpc) is 2.87. The molecule has 2 aromatic rings. The van der Waals surface area contributed by atoms with E-state index in [1.54, 1.807) is 30.1 Å². The Labute approximate surface area is 138 Å². The van der Waals surface area contributed by atoms with E-state index >= 15 is 0 Å². The molecule has 22 heavy (non-hydrogen) atoms. The maximum absolute atomic E-state index is 6.23. The summed E-state index contributed by atoms with van der Waals surface area (Å²) in [5.74, 6) is 1.84. The van der Waals surface area contributed by atoms with Crippen molar-refractivity contribution in [3.05, 3.63) is 33.3 Å². The van der Waals surface area contributed by atoms with Crippen LogP contribution in [0.25, 0.3) is 0 Å². The predicted octanol–water partition coefficient (Wildman–Crippen LogP) is 3.45. The number of rotatable bonds is 6. The Kier molecular flexibility index (Phi) is 5.57. The van der Waals surface area contributed by atoms with Gasteiger partial charge in [-0.1, -0.05) is 18.5 Å². The lowest BCUT2D eigenvalue weighted by Crippen LogP contribution is -1.99. The topological polar surface area (TPSA) is 64.4 Å². The van der Waals surface area contributed by atoms with Crippen LogP contribution in [0.15, 0.2) is 17.2 Å². The highest BCUT2D eigenvalue weighted by Gasteiger charge is 2.11. The van der Waals surface area contributed by atoms with Crippen molar-refractivity contribution in [2.24, 2.45) is 5.10 Å². The number of benzene rings is 1. The van der Waals surface area contributed by atoms with Crippen LogP contribution in [0.4, 0.5) is 0 Å². The van der Waals surface area contributed by atoms with Crippen LogP contribution in [0.2, 0.25) is 5.02 Å².